The fraction of sp³-hybridized carbons (Fsp3) is 0.545. The van der Waals surface area contributed by atoms with Gasteiger partial charge in [-0.25, -0.2) is 0 Å². The fourth-order valence-corrected chi connectivity index (χ4v) is 4.54. The Morgan fingerprint density at radius 1 is 1.47 bits per heavy atom. The van der Waals surface area contributed by atoms with Crippen LogP contribution in [0.5, 0.6) is 0 Å². The number of rotatable bonds is 5. The summed E-state index contributed by atoms with van der Waals surface area (Å²) in [5.74, 6) is -1.65. The summed E-state index contributed by atoms with van der Waals surface area (Å²) in [4.78, 5) is 41.5. The molecule has 2 aliphatic heterocycles. The molecule has 8 nitrogen and oxygen atoms in total. The number of para-hydroxylation sites is 1. The predicted octanol–water partition coefficient (Wildman–Crippen LogP) is 0.975. The maximum atomic E-state index is 13.8. The number of fused-ring (bicyclic) bond motifs is 2. The number of nitrogens with two attached hydrogens (primary N) is 1. The van der Waals surface area contributed by atoms with Gasteiger partial charge >= 0.3 is 0 Å². The fourth-order valence-electron chi connectivity index (χ4n) is 4.54. The summed E-state index contributed by atoms with van der Waals surface area (Å²) in [6.45, 7) is -1.56. The number of nitrogens with one attached hydrogen (secondary N) is 1. The van der Waals surface area contributed by atoms with Crippen molar-refractivity contribution in [3.05, 3.63) is 29.8 Å². The monoisotopic (exact) mass is 412 g/mol. The van der Waals surface area contributed by atoms with Crippen LogP contribution in [-0.2, 0) is 19.8 Å². The lowest BCUT2D eigenvalue weighted by Gasteiger charge is -2.33. The molecule has 1 spiro atoms. The molecule has 1 saturated carbocycles. The highest BCUT2D eigenvalue weighted by Crippen LogP contribution is 2.46. The van der Waals surface area contributed by atoms with Gasteiger partial charge in [-0.15, -0.1) is 0 Å². The van der Waals surface area contributed by atoms with E-state index in [1.54, 1.807) is 24.3 Å². The molecule has 1 aromatic rings. The van der Waals surface area contributed by atoms with Crippen molar-refractivity contribution in [2.75, 3.05) is 18.8 Å². The smallest absolute Gasteiger partial charge is 0.246 e. The van der Waals surface area contributed by atoms with Crippen LogP contribution in [0.3, 0.4) is 0 Å². The van der Waals surface area contributed by atoms with Gasteiger partial charge in [-0.3, -0.25) is 14.4 Å². The highest BCUT2D eigenvalue weighted by Gasteiger charge is 2.56. The zero-order valence-electron chi connectivity index (χ0n) is 19.8. The Bertz CT molecular complexity index is 1030. The summed E-state index contributed by atoms with van der Waals surface area (Å²) < 4.78 is 23.8. The number of likely N-dealkylation sites (tertiary alicyclic amines) is 1. The number of nitriles is 1. The molecule has 4 atom stereocenters. The summed E-state index contributed by atoms with van der Waals surface area (Å²) in [7, 11) is 0. The summed E-state index contributed by atoms with van der Waals surface area (Å²) >= 11 is 0. The lowest BCUT2D eigenvalue weighted by atomic mass is 9.80. The molecule has 2 heterocycles. The topological polar surface area (TPSA) is 120 Å². The third-order valence-electron chi connectivity index (χ3n) is 6.39. The largest absolute Gasteiger partial charge is 0.332 e. The summed E-state index contributed by atoms with van der Waals surface area (Å²) in [6.07, 6.45) is 1.96. The minimum Gasteiger partial charge on any atom is -0.332 e. The Hall–Kier alpha value is -2.92. The second-order valence-corrected chi connectivity index (χ2v) is 8.59. The van der Waals surface area contributed by atoms with Gasteiger partial charge in [-0.1, -0.05) is 31.0 Å². The molecule has 30 heavy (non-hydrogen) atoms. The van der Waals surface area contributed by atoms with Gasteiger partial charge in [0.2, 0.25) is 17.7 Å². The van der Waals surface area contributed by atoms with Crippen molar-refractivity contribution < 1.29 is 18.5 Å². The van der Waals surface area contributed by atoms with Crippen molar-refractivity contribution in [2.45, 2.75) is 56.1 Å². The number of carbonyl (C=O) groups excluding carboxylic acids is 3. The maximum Gasteiger partial charge on any atom is 0.246 e. The molecule has 2 fully saturated rings. The molecular weight excluding hydrogens is 382 g/mol. The number of benzene rings is 1. The molecular formula is C22H27N5O3. The molecule has 1 aliphatic carbocycles. The van der Waals surface area contributed by atoms with Gasteiger partial charge in [0.25, 0.3) is 0 Å². The average Bonchev–Trinajstić information content (AvgIpc) is 3.42. The van der Waals surface area contributed by atoms with E-state index < -0.39 is 42.3 Å². The number of hydrogen-bond donors (Lipinski definition) is 2. The van der Waals surface area contributed by atoms with E-state index in [0.717, 1.165) is 12.8 Å². The zero-order valence-corrected chi connectivity index (χ0v) is 16.8. The molecule has 1 unspecified atom stereocenters. The lowest BCUT2D eigenvalue weighted by Crippen LogP contribution is -2.54. The van der Waals surface area contributed by atoms with Gasteiger partial charge in [0.15, 0.2) is 0 Å². The Labute approximate surface area is 180 Å². The summed E-state index contributed by atoms with van der Waals surface area (Å²) in [5.41, 5.74) is 5.98. The van der Waals surface area contributed by atoms with Gasteiger partial charge in [0.05, 0.1) is 17.5 Å². The van der Waals surface area contributed by atoms with Crippen molar-refractivity contribution in [1.82, 2.24) is 9.80 Å². The van der Waals surface area contributed by atoms with E-state index in [0.29, 0.717) is 16.2 Å². The molecule has 3 N–H and O–H groups in total. The summed E-state index contributed by atoms with van der Waals surface area (Å²) in [6, 6.07) is 5.93. The number of carbonyl (C=O) groups is 3. The van der Waals surface area contributed by atoms with Crippen molar-refractivity contribution in [1.29, 1.82) is 5.26 Å². The van der Waals surface area contributed by atoms with Crippen LogP contribution < -0.4 is 11.1 Å². The third kappa shape index (κ3) is 3.23. The quantitative estimate of drug-likeness (QED) is 0.747. The number of amides is 3. The van der Waals surface area contributed by atoms with Crippen molar-refractivity contribution in [2.24, 2.45) is 11.7 Å². The van der Waals surface area contributed by atoms with E-state index in [1.165, 1.54) is 11.8 Å². The van der Waals surface area contributed by atoms with E-state index in [-0.39, 0.29) is 31.2 Å². The van der Waals surface area contributed by atoms with Crippen LogP contribution >= 0.6 is 0 Å². The standard InChI is InChI=1S/C22H27N5O3/c1-13(24)19(28)26(2)18(9-14-7-8-14)20(29)27-12-22(10-15(27)11-23)16-5-3-4-6-17(16)25-21(22)30/h3-6,13-15,18H,7-10,12,24H2,1-2H3,(H,25,30)/t13?,15-,18-,22-/m0/s1/i2D3. The number of anilines is 1. The molecule has 1 aromatic carbocycles. The number of hydrogen-bond acceptors (Lipinski definition) is 5. The molecule has 0 bridgehead atoms. The van der Waals surface area contributed by atoms with Crippen molar-refractivity contribution in [3.63, 3.8) is 0 Å². The Morgan fingerprint density at radius 3 is 2.83 bits per heavy atom. The Morgan fingerprint density at radius 2 is 2.20 bits per heavy atom. The van der Waals surface area contributed by atoms with E-state index >= 15 is 0 Å². The first kappa shape index (κ1) is 16.8. The second-order valence-electron chi connectivity index (χ2n) is 8.59. The molecule has 3 aliphatic rings. The molecule has 158 valence electrons. The van der Waals surface area contributed by atoms with Crippen molar-refractivity contribution >= 4 is 23.4 Å². The van der Waals surface area contributed by atoms with Crippen molar-refractivity contribution in [3.8, 4) is 6.07 Å². The molecule has 8 heteroatoms. The van der Waals surface area contributed by atoms with Gasteiger partial charge in [-0.2, -0.15) is 5.26 Å². The van der Waals surface area contributed by atoms with Crippen LogP contribution in [-0.4, -0.2) is 59.2 Å². The normalized spacial score (nSPS) is 28.6. The van der Waals surface area contributed by atoms with E-state index in [1.807, 2.05) is 0 Å². The highest BCUT2D eigenvalue weighted by molar-refractivity contribution is 6.07. The lowest BCUT2D eigenvalue weighted by molar-refractivity contribution is -0.145. The van der Waals surface area contributed by atoms with Gasteiger partial charge in [-0.05, 0) is 30.9 Å². The maximum absolute atomic E-state index is 13.8. The third-order valence-corrected chi connectivity index (χ3v) is 6.39. The predicted molar refractivity (Wildman–Crippen MR) is 110 cm³/mol. The first-order valence-corrected chi connectivity index (χ1v) is 10.2. The molecule has 1 saturated heterocycles. The van der Waals surface area contributed by atoms with Crippen LogP contribution in [0.1, 0.15) is 42.3 Å². The SMILES string of the molecule is [2H]C([2H])([2H])N(C(=O)C(C)N)[C@@H](CC1CC1)C(=O)N1C[C@]2(C[C@H]1C#N)C(=O)Nc1ccccc12. The Kier molecular flexibility index (Phi) is 4.15. The molecule has 0 aromatic heterocycles. The summed E-state index contributed by atoms with van der Waals surface area (Å²) in [5, 5.41) is 12.7. The van der Waals surface area contributed by atoms with Gasteiger partial charge in [0.1, 0.15) is 12.1 Å². The number of nitrogens with zero attached hydrogens (tertiary/aromatic N) is 3. The Balaban J connectivity index is 1.71. The average molecular weight is 413 g/mol. The zero-order chi connectivity index (χ0) is 24.1. The molecule has 4 rings (SSSR count). The van der Waals surface area contributed by atoms with Crippen LogP contribution in [0.15, 0.2) is 24.3 Å². The number of likely N-dealkylation sites (N-methyl/N-ethyl adjacent to an activating group) is 1. The minimum atomic E-state index is -2.88. The van der Waals surface area contributed by atoms with Crippen LogP contribution in [0.2, 0.25) is 0 Å². The van der Waals surface area contributed by atoms with Crippen LogP contribution in [0.25, 0.3) is 0 Å². The van der Waals surface area contributed by atoms with Gasteiger partial charge < -0.3 is 20.9 Å². The first-order valence-electron chi connectivity index (χ1n) is 11.7. The highest BCUT2D eigenvalue weighted by atomic mass is 16.2. The molecule has 0 radical (unpaired) electrons. The van der Waals surface area contributed by atoms with E-state index in [4.69, 9.17) is 9.85 Å². The minimum absolute atomic E-state index is 0.0602. The second kappa shape index (κ2) is 7.40. The molecule has 3 amide bonds. The first-order chi connectivity index (χ1) is 15.5. The van der Waals surface area contributed by atoms with E-state index in [9.17, 15) is 19.6 Å². The van der Waals surface area contributed by atoms with Crippen LogP contribution in [0.4, 0.5) is 5.69 Å². The van der Waals surface area contributed by atoms with E-state index in [2.05, 4.69) is 11.4 Å². The van der Waals surface area contributed by atoms with Gasteiger partial charge in [0, 0.05) is 29.7 Å². The van der Waals surface area contributed by atoms with Crippen LogP contribution in [0, 0.1) is 17.2 Å².